The summed E-state index contributed by atoms with van der Waals surface area (Å²) in [6.07, 6.45) is 8.76. The van der Waals surface area contributed by atoms with Crippen molar-refractivity contribution in [2.75, 3.05) is 0 Å². The van der Waals surface area contributed by atoms with Crippen LogP contribution in [0.4, 0.5) is 0 Å². The van der Waals surface area contributed by atoms with Gasteiger partial charge >= 0.3 is 0 Å². The van der Waals surface area contributed by atoms with Gasteiger partial charge in [0.1, 0.15) is 5.78 Å². The van der Waals surface area contributed by atoms with Crippen molar-refractivity contribution in [3.05, 3.63) is 23.8 Å². The van der Waals surface area contributed by atoms with Gasteiger partial charge in [0, 0.05) is 12.3 Å². The predicted molar refractivity (Wildman–Crippen MR) is 51.1 cm³/mol. The second-order valence-electron chi connectivity index (χ2n) is 4.62. The van der Waals surface area contributed by atoms with Gasteiger partial charge in [0.15, 0.2) is 0 Å². The topological polar surface area (TPSA) is 17.1 Å². The van der Waals surface area contributed by atoms with Crippen LogP contribution in [0.25, 0.3) is 0 Å². The van der Waals surface area contributed by atoms with Crippen molar-refractivity contribution in [3.63, 3.8) is 0 Å². The average molecular weight is 174 g/mol. The van der Waals surface area contributed by atoms with Crippen molar-refractivity contribution in [2.45, 2.75) is 19.8 Å². The van der Waals surface area contributed by atoms with Gasteiger partial charge in [-0.15, -0.1) is 0 Å². The minimum Gasteiger partial charge on any atom is -0.299 e. The normalized spacial score (nSPS) is 46.5. The molecule has 0 aromatic carbocycles. The molecule has 0 saturated heterocycles. The van der Waals surface area contributed by atoms with Gasteiger partial charge in [0.05, 0.1) is 0 Å². The van der Waals surface area contributed by atoms with Gasteiger partial charge in [0.25, 0.3) is 0 Å². The Kier molecular flexibility index (Phi) is 1.36. The van der Waals surface area contributed by atoms with Crippen molar-refractivity contribution in [3.8, 4) is 0 Å². The van der Waals surface area contributed by atoms with Crippen LogP contribution in [0.5, 0.6) is 0 Å². The Morgan fingerprint density at radius 3 is 3.15 bits per heavy atom. The Bertz CT molecular complexity index is 324. The second kappa shape index (κ2) is 2.34. The van der Waals surface area contributed by atoms with Gasteiger partial charge < -0.3 is 0 Å². The van der Waals surface area contributed by atoms with E-state index < -0.39 is 0 Å². The molecular formula is C12H14O. The number of Topliss-reactive ketones (excluding diaryl/α,β-unsaturated/α-hetero) is 1. The quantitative estimate of drug-likeness (QED) is 0.515. The summed E-state index contributed by atoms with van der Waals surface area (Å²) in [6, 6.07) is 0. The van der Waals surface area contributed by atoms with E-state index in [1.807, 2.05) is 0 Å². The standard InChI is InChI=1S/C12H14O/c1-7-5-11-9-4-2-3-8(9)10(7)6-12(11)13/h2,4-5,8-11H,3,6H2,1H3/t8-,9+,10-,11+/m0/s1. The van der Waals surface area contributed by atoms with Crippen LogP contribution >= 0.6 is 0 Å². The van der Waals surface area contributed by atoms with E-state index in [0.29, 0.717) is 17.6 Å². The lowest BCUT2D eigenvalue weighted by Crippen LogP contribution is -2.41. The zero-order valence-electron chi connectivity index (χ0n) is 7.86. The minimum atomic E-state index is 0.230. The summed E-state index contributed by atoms with van der Waals surface area (Å²) in [7, 11) is 0. The summed E-state index contributed by atoms with van der Waals surface area (Å²) in [4.78, 5) is 11.7. The van der Waals surface area contributed by atoms with Crippen LogP contribution in [-0.4, -0.2) is 5.78 Å². The number of rotatable bonds is 0. The fourth-order valence-electron chi connectivity index (χ4n) is 3.34. The number of hydrogen-bond donors (Lipinski definition) is 0. The molecule has 4 aliphatic carbocycles. The molecule has 0 heterocycles. The van der Waals surface area contributed by atoms with Crippen molar-refractivity contribution < 1.29 is 4.79 Å². The number of carbonyl (C=O) groups excluding carboxylic acids is 1. The van der Waals surface area contributed by atoms with E-state index in [9.17, 15) is 4.79 Å². The van der Waals surface area contributed by atoms with Crippen molar-refractivity contribution in [1.82, 2.24) is 0 Å². The van der Waals surface area contributed by atoms with Crippen molar-refractivity contribution in [2.24, 2.45) is 23.7 Å². The largest absolute Gasteiger partial charge is 0.299 e. The zero-order chi connectivity index (χ0) is 9.00. The summed E-state index contributed by atoms with van der Waals surface area (Å²) in [5.41, 5.74) is 1.47. The molecule has 0 unspecified atom stereocenters. The number of hydrogen-bond acceptors (Lipinski definition) is 1. The summed E-state index contributed by atoms with van der Waals surface area (Å²) >= 11 is 0. The first kappa shape index (κ1) is 7.54. The van der Waals surface area contributed by atoms with E-state index in [1.165, 1.54) is 12.0 Å². The highest BCUT2D eigenvalue weighted by Gasteiger charge is 2.47. The van der Waals surface area contributed by atoms with E-state index in [-0.39, 0.29) is 5.92 Å². The lowest BCUT2D eigenvalue weighted by molar-refractivity contribution is -0.127. The highest BCUT2D eigenvalue weighted by atomic mass is 16.1. The van der Waals surface area contributed by atoms with Crippen LogP contribution in [-0.2, 0) is 4.79 Å². The maximum atomic E-state index is 11.7. The molecule has 0 aromatic heterocycles. The van der Waals surface area contributed by atoms with Crippen LogP contribution in [0.1, 0.15) is 19.8 Å². The van der Waals surface area contributed by atoms with Crippen LogP contribution in [0.3, 0.4) is 0 Å². The molecule has 1 heteroatoms. The third-order valence-electron chi connectivity index (χ3n) is 4.01. The first-order chi connectivity index (χ1) is 6.27. The fraction of sp³-hybridized carbons (Fsp3) is 0.583. The number of ketones is 1. The summed E-state index contributed by atoms with van der Waals surface area (Å²) in [5.74, 6) is 2.58. The van der Waals surface area contributed by atoms with Crippen LogP contribution < -0.4 is 0 Å². The third-order valence-corrected chi connectivity index (χ3v) is 4.01. The molecule has 4 rings (SSSR count). The summed E-state index contributed by atoms with van der Waals surface area (Å²) < 4.78 is 0. The highest BCUT2D eigenvalue weighted by molar-refractivity contribution is 5.86. The lowest BCUT2D eigenvalue weighted by atomic mass is 9.60. The fourth-order valence-corrected chi connectivity index (χ4v) is 3.34. The Balaban J connectivity index is 2.08. The number of carbonyl (C=O) groups is 1. The predicted octanol–water partition coefficient (Wildman–Crippen LogP) is 2.34. The Hall–Kier alpha value is -0.850. The summed E-state index contributed by atoms with van der Waals surface area (Å²) in [5, 5.41) is 0. The SMILES string of the molecule is CC1=C[C@H]2C(=O)C[C@@H]1[C@H]1CC=C[C@H]12. The molecule has 4 atom stereocenters. The molecule has 1 fully saturated rings. The molecule has 1 nitrogen and oxygen atoms in total. The molecule has 0 amide bonds. The molecule has 4 aliphatic rings. The average Bonchev–Trinajstić information content (AvgIpc) is 2.56. The van der Waals surface area contributed by atoms with Gasteiger partial charge in [0.2, 0.25) is 0 Å². The van der Waals surface area contributed by atoms with Crippen LogP contribution in [0.2, 0.25) is 0 Å². The van der Waals surface area contributed by atoms with Crippen molar-refractivity contribution >= 4 is 5.78 Å². The van der Waals surface area contributed by atoms with Crippen LogP contribution in [0, 0.1) is 23.7 Å². The van der Waals surface area contributed by atoms with E-state index in [4.69, 9.17) is 0 Å². The van der Waals surface area contributed by atoms with E-state index in [2.05, 4.69) is 25.2 Å². The Labute approximate surface area is 78.5 Å². The monoisotopic (exact) mass is 174 g/mol. The van der Waals surface area contributed by atoms with Gasteiger partial charge in [-0.05, 0) is 31.1 Å². The van der Waals surface area contributed by atoms with Gasteiger partial charge in [-0.3, -0.25) is 4.79 Å². The molecule has 0 spiro atoms. The van der Waals surface area contributed by atoms with Crippen molar-refractivity contribution in [1.29, 1.82) is 0 Å². The highest BCUT2D eigenvalue weighted by Crippen LogP contribution is 2.50. The second-order valence-corrected chi connectivity index (χ2v) is 4.62. The van der Waals surface area contributed by atoms with Crippen LogP contribution in [0.15, 0.2) is 23.8 Å². The first-order valence-corrected chi connectivity index (χ1v) is 5.15. The van der Waals surface area contributed by atoms with E-state index in [1.54, 1.807) is 0 Å². The van der Waals surface area contributed by atoms with E-state index >= 15 is 0 Å². The van der Waals surface area contributed by atoms with Gasteiger partial charge in [-0.2, -0.15) is 0 Å². The number of allylic oxidation sites excluding steroid dienone is 4. The zero-order valence-corrected chi connectivity index (χ0v) is 7.86. The molecule has 68 valence electrons. The minimum absolute atomic E-state index is 0.230. The third kappa shape index (κ3) is 0.849. The van der Waals surface area contributed by atoms with Gasteiger partial charge in [-0.25, -0.2) is 0 Å². The lowest BCUT2D eigenvalue weighted by Gasteiger charge is -2.43. The molecule has 1 saturated carbocycles. The Morgan fingerprint density at radius 2 is 2.31 bits per heavy atom. The Morgan fingerprint density at radius 1 is 1.46 bits per heavy atom. The molecule has 0 N–H and O–H groups in total. The first-order valence-electron chi connectivity index (χ1n) is 5.15. The molecule has 0 aliphatic heterocycles. The maximum Gasteiger partial charge on any atom is 0.140 e. The molecule has 0 radical (unpaired) electrons. The van der Waals surface area contributed by atoms with E-state index in [0.717, 1.165) is 12.3 Å². The van der Waals surface area contributed by atoms with Gasteiger partial charge in [-0.1, -0.05) is 23.8 Å². The smallest absolute Gasteiger partial charge is 0.140 e. The molecular weight excluding hydrogens is 160 g/mol. The number of fused-ring (bicyclic) bond motifs is 1. The summed E-state index contributed by atoms with van der Waals surface area (Å²) in [6.45, 7) is 2.19. The maximum absolute atomic E-state index is 11.7. The molecule has 2 bridgehead atoms. The molecule has 13 heavy (non-hydrogen) atoms. The molecule has 0 aromatic rings.